The Kier molecular flexibility index (Phi) is 6.03. The van der Waals surface area contributed by atoms with Crippen molar-refractivity contribution in [2.24, 2.45) is 0 Å². The first-order valence-corrected chi connectivity index (χ1v) is 8.05. The molecule has 2 N–H and O–H groups in total. The summed E-state index contributed by atoms with van der Waals surface area (Å²) in [4.78, 5) is 0.0879. The molecule has 0 fully saturated rings. The molecule has 1 atom stereocenters. The number of sulfonamides is 1. The van der Waals surface area contributed by atoms with Gasteiger partial charge >= 0.3 is 6.18 Å². The molecule has 120 valence electrons. The van der Waals surface area contributed by atoms with Gasteiger partial charge in [-0.05, 0) is 37.6 Å². The van der Waals surface area contributed by atoms with E-state index in [4.69, 9.17) is 0 Å². The van der Waals surface area contributed by atoms with Crippen molar-refractivity contribution in [3.05, 3.63) is 24.3 Å². The zero-order chi connectivity index (χ0) is 16.1. The van der Waals surface area contributed by atoms with E-state index < -0.39 is 28.7 Å². The second-order valence-corrected chi connectivity index (χ2v) is 6.55. The SMILES string of the molecule is CCCNS(=O)(=O)c1ccc(NC(C)CC(F)(F)F)cc1. The Labute approximate surface area is 122 Å². The fourth-order valence-electron chi connectivity index (χ4n) is 1.73. The molecule has 8 heteroatoms. The van der Waals surface area contributed by atoms with Gasteiger partial charge in [0.2, 0.25) is 10.0 Å². The number of rotatable bonds is 7. The molecule has 0 bridgehead atoms. The molecular weight excluding hydrogens is 305 g/mol. The van der Waals surface area contributed by atoms with Gasteiger partial charge in [-0.2, -0.15) is 13.2 Å². The Hall–Kier alpha value is -1.28. The van der Waals surface area contributed by atoms with E-state index in [2.05, 4.69) is 10.0 Å². The quantitative estimate of drug-likeness (QED) is 0.810. The molecule has 1 unspecified atom stereocenters. The van der Waals surface area contributed by atoms with E-state index in [0.29, 0.717) is 18.7 Å². The number of hydrogen-bond acceptors (Lipinski definition) is 3. The van der Waals surface area contributed by atoms with Crippen molar-refractivity contribution in [2.75, 3.05) is 11.9 Å². The van der Waals surface area contributed by atoms with Crippen LogP contribution in [0.3, 0.4) is 0 Å². The fourth-order valence-corrected chi connectivity index (χ4v) is 2.87. The number of benzene rings is 1. The monoisotopic (exact) mass is 324 g/mol. The summed E-state index contributed by atoms with van der Waals surface area (Å²) in [5.74, 6) is 0. The number of halogens is 3. The Morgan fingerprint density at radius 3 is 2.24 bits per heavy atom. The molecule has 0 saturated carbocycles. The summed E-state index contributed by atoms with van der Waals surface area (Å²) in [7, 11) is -3.55. The van der Waals surface area contributed by atoms with Crippen LogP contribution >= 0.6 is 0 Å². The zero-order valence-electron chi connectivity index (χ0n) is 11.9. The van der Waals surface area contributed by atoms with Crippen molar-refractivity contribution >= 4 is 15.7 Å². The van der Waals surface area contributed by atoms with E-state index in [1.54, 1.807) is 0 Å². The fraction of sp³-hybridized carbons (Fsp3) is 0.538. The molecule has 0 radical (unpaired) electrons. The lowest BCUT2D eigenvalue weighted by molar-refractivity contribution is -0.136. The lowest BCUT2D eigenvalue weighted by Crippen LogP contribution is -2.25. The molecule has 0 heterocycles. The van der Waals surface area contributed by atoms with Crippen LogP contribution in [0.25, 0.3) is 0 Å². The normalized spacial score (nSPS) is 14.0. The van der Waals surface area contributed by atoms with E-state index >= 15 is 0 Å². The minimum atomic E-state index is -4.24. The summed E-state index contributed by atoms with van der Waals surface area (Å²) in [6.07, 6.45) is -4.52. The standard InChI is InChI=1S/C13H19F3N2O2S/c1-3-8-17-21(19,20)12-6-4-11(5-7-12)18-10(2)9-13(14,15)16/h4-7,10,17-18H,3,8-9H2,1-2H3. The Balaban J connectivity index is 2.70. The van der Waals surface area contributed by atoms with Crippen LogP contribution in [0, 0.1) is 0 Å². The maximum atomic E-state index is 12.2. The van der Waals surface area contributed by atoms with Gasteiger partial charge in [0, 0.05) is 18.3 Å². The van der Waals surface area contributed by atoms with Crippen LogP contribution < -0.4 is 10.0 Å². The van der Waals surface area contributed by atoms with Gasteiger partial charge in [-0.15, -0.1) is 0 Å². The third-order valence-electron chi connectivity index (χ3n) is 2.66. The Morgan fingerprint density at radius 1 is 1.19 bits per heavy atom. The molecule has 1 aromatic rings. The van der Waals surface area contributed by atoms with Crippen molar-refractivity contribution in [1.29, 1.82) is 0 Å². The highest BCUT2D eigenvalue weighted by Crippen LogP contribution is 2.23. The number of nitrogens with one attached hydrogen (secondary N) is 2. The molecule has 0 aromatic heterocycles. The molecule has 0 aliphatic carbocycles. The van der Waals surface area contributed by atoms with Crippen LogP contribution in [0.15, 0.2) is 29.2 Å². The summed E-state index contributed by atoms with van der Waals surface area (Å²) in [5.41, 5.74) is 0.446. The molecule has 21 heavy (non-hydrogen) atoms. The molecule has 0 saturated heterocycles. The second kappa shape index (κ2) is 7.13. The minimum Gasteiger partial charge on any atom is -0.382 e. The van der Waals surface area contributed by atoms with Crippen LogP contribution in [-0.4, -0.2) is 27.2 Å². The Bertz CT molecular complexity index is 542. The van der Waals surface area contributed by atoms with Gasteiger partial charge in [0.15, 0.2) is 0 Å². The summed E-state index contributed by atoms with van der Waals surface area (Å²) in [6, 6.07) is 4.84. The maximum Gasteiger partial charge on any atom is 0.391 e. The van der Waals surface area contributed by atoms with Gasteiger partial charge in [-0.1, -0.05) is 6.92 Å². The van der Waals surface area contributed by atoms with Crippen molar-refractivity contribution < 1.29 is 21.6 Å². The van der Waals surface area contributed by atoms with E-state index in [1.165, 1.54) is 31.2 Å². The zero-order valence-corrected chi connectivity index (χ0v) is 12.7. The van der Waals surface area contributed by atoms with Gasteiger partial charge in [0.05, 0.1) is 11.3 Å². The maximum absolute atomic E-state index is 12.2. The van der Waals surface area contributed by atoms with Crippen molar-refractivity contribution in [3.8, 4) is 0 Å². The molecule has 0 spiro atoms. The lowest BCUT2D eigenvalue weighted by Gasteiger charge is -2.17. The summed E-state index contributed by atoms with van der Waals surface area (Å²) >= 11 is 0. The topological polar surface area (TPSA) is 58.2 Å². The van der Waals surface area contributed by atoms with E-state index in [9.17, 15) is 21.6 Å². The first-order chi connectivity index (χ1) is 9.64. The molecule has 0 amide bonds. The average molecular weight is 324 g/mol. The molecule has 0 aliphatic heterocycles. The van der Waals surface area contributed by atoms with Crippen molar-refractivity contribution in [3.63, 3.8) is 0 Å². The van der Waals surface area contributed by atoms with Crippen molar-refractivity contribution in [1.82, 2.24) is 4.72 Å². The van der Waals surface area contributed by atoms with Crippen molar-refractivity contribution in [2.45, 2.75) is 43.8 Å². The second-order valence-electron chi connectivity index (χ2n) is 4.79. The van der Waals surface area contributed by atoms with E-state index in [1.807, 2.05) is 6.92 Å². The van der Waals surface area contributed by atoms with Gasteiger partial charge in [0.25, 0.3) is 0 Å². The highest BCUT2D eigenvalue weighted by atomic mass is 32.2. The number of hydrogen-bond donors (Lipinski definition) is 2. The van der Waals surface area contributed by atoms with Crippen LogP contribution in [0.5, 0.6) is 0 Å². The summed E-state index contributed by atoms with van der Waals surface area (Å²) in [6.45, 7) is 3.60. The number of alkyl halides is 3. The lowest BCUT2D eigenvalue weighted by atomic mass is 10.2. The third-order valence-corrected chi connectivity index (χ3v) is 4.13. The predicted octanol–water partition coefficient (Wildman–Crippen LogP) is 3.13. The minimum absolute atomic E-state index is 0.0879. The van der Waals surface area contributed by atoms with Crippen LogP contribution in [-0.2, 0) is 10.0 Å². The van der Waals surface area contributed by atoms with E-state index in [-0.39, 0.29) is 4.90 Å². The van der Waals surface area contributed by atoms with Gasteiger partial charge in [0.1, 0.15) is 0 Å². The first-order valence-electron chi connectivity index (χ1n) is 6.57. The molecule has 1 aromatic carbocycles. The highest BCUT2D eigenvalue weighted by Gasteiger charge is 2.29. The number of anilines is 1. The average Bonchev–Trinajstić information content (AvgIpc) is 2.34. The smallest absolute Gasteiger partial charge is 0.382 e. The summed E-state index contributed by atoms with van der Waals surface area (Å²) in [5, 5.41) is 2.69. The van der Waals surface area contributed by atoms with E-state index in [0.717, 1.165) is 0 Å². The van der Waals surface area contributed by atoms with Gasteiger partial charge in [-0.3, -0.25) is 0 Å². The third kappa shape index (κ3) is 6.34. The van der Waals surface area contributed by atoms with Gasteiger partial charge in [-0.25, -0.2) is 13.1 Å². The van der Waals surface area contributed by atoms with Crippen LogP contribution in [0.4, 0.5) is 18.9 Å². The summed E-state index contributed by atoms with van der Waals surface area (Å²) < 4.78 is 62.7. The molecule has 0 aliphatic rings. The van der Waals surface area contributed by atoms with Gasteiger partial charge < -0.3 is 5.32 Å². The first kappa shape index (κ1) is 17.8. The molecule has 4 nitrogen and oxygen atoms in total. The predicted molar refractivity (Wildman–Crippen MR) is 75.7 cm³/mol. The highest BCUT2D eigenvalue weighted by molar-refractivity contribution is 7.89. The Morgan fingerprint density at radius 2 is 1.76 bits per heavy atom. The van der Waals surface area contributed by atoms with Crippen LogP contribution in [0.2, 0.25) is 0 Å². The molecular formula is C13H19F3N2O2S. The molecule has 1 rings (SSSR count). The largest absolute Gasteiger partial charge is 0.391 e. The van der Waals surface area contributed by atoms with Crippen LogP contribution in [0.1, 0.15) is 26.7 Å².